The van der Waals surface area contributed by atoms with Gasteiger partial charge >= 0.3 is 0 Å². The van der Waals surface area contributed by atoms with Crippen molar-refractivity contribution in [3.05, 3.63) is 71.0 Å². The first-order valence-electron chi connectivity index (χ1n) is 10.3. The van der Waals surface area contributed by atoms with Gasteiger partial charge in [0.05, 0.1) is 5.02 Å². The molecule has 162 valence electrons. The van der Waals surface area contributed by atoms with E-state index in [4.69, 9.17) is 17.3 Å². The third kappa shape index (κ3) is 5.48. The zero-order valence-corrected chi connectivity index (χ0v) is 17.7. The number of pyridine rings is 2. The first-order chi connectivity index (χ1) is 15.0. The molecule has 0 aliphatic heterocycles. The highest BCUT2D eigenvalue weighted by atomic mass is 35.5. The number of anilines is 2. The fourth-order valence-corrected chi connectivity index (χ4v) is 3.96. The molecule has 8 heteroatoms. The summed E-state index contributed by atoms with van der Waals surface area (Å²) in [7, 11) is 0. The maximum atomic E-state index is 13.4. The second kappa shape index (κ2) is 9.58. The first-order valence-corrected chi connectivity index (χ1v) is 10.7. The van der Waals surface area contributed by atoms with Gasteiger partial charge in [0.25, 0.3) is 0 Å². The van der Waals surface area contributed by atoms with E-state index < -0.39 is 11.6 Å². The van der Waals surface area contributed by atoms with Crippen molar-refractivity contribution in [3.63, 3.8) is 0 Å². The molecule has 5 nitrogen and oxygen atoms in total. The van der Waals surface area contributed by atoms with Crippen molar-refractivity contribution in [2.75, 3.05) is 10.6 Å². The molecule has 2 heterocycles. The molecule has 0 unspecified atom stereocenters. The summed E-state index contributed by atoms with van der Waals surface area (Å²) in [6.07, 6.45) is 7.38. The third-order valence-corrected chi connectivity index (χ3v) is 5.81. The fraction of sp³-hybridized carbons (Fsp3) is 0.304. The fourth-order valence-electron chi connectivity index (χ4n) is 3.75. The zero-order valence-electron chi connectivity index (χ0n) is 16.9. The highest BCUT2D eigenvalue weighted by Crippen LogP contribution is 2.31. The molecule has 4 rings (SSSR count). The van der Waals surface area contributed by atoms with E-state index in [9.17, 15) is 8.78 Å². The molecule has 0 spiro atoms. The lowest BCUT2D eigenvalue weighted by Crippen LogP contribution is -2.33. The summed E-state index contributed by atoms with van der Waals surface area (Å²) < 4.78 is 26.5. The van der Waals surface area contributed by atoms with Crippen molar-refractivity contribution in [3.8, 4) is 11.1 Å². The van der Waals surface area contributed by atoms with E-state index in [0.717, 1.165) is 48.7 Å². The SMILES string of the molecule is NC1CCC(Nc2cc(-c3ccnc(NCc4ccc(F)c(F)c4)c3)c(Cl)cn2)CC1. The van der Waals surface area contributed by atoms with Crippen LogP contribution >= 0.6 is 11.6 Å². The van der Waals surface area contributed by atoms with Gasteiger partial charge in [0, 0.05) is 36.6 Å². The molecular weight excluding hydrogens is 420 g/mol. The maximum absolute atomic E-state index is 13.4. The van der Waals surface area contributed by atoms with Gasteiger partial charge in [0.2, 0.25) is 0 Å². The smallest absolute Gasteiger partial charge is 0.159 e. The van der Waals surface area contributed by atoms with Crippen molar-refractivity contribution >= 4 is 23.2 Å². The summed E-state index contributed by atoms with van der Waals surface area (Å²) in [6, 6.07) is 10.1. The lowest BCUT2D eigenvalue weighted by Gasteiger charge is -2.27. The predicted molar refractivity (Wildman–Crippen MR) is 120 cm³/mol. The van der Waals surface area contributed by atoms with Crippen LogP contribution in [0, 0.1) is 11.6 Å². The number of nitrogens with two attached hydrogens (primary N) is 1. The molecule has 0 saturated heterocycles. The Hall–Kier alpha value is -2.77. The summed E-state index contributed by atoms with van der Waals surface area (Å²) >= 11 is 6.43. The molecule has 31 heavy (non-hydrogen) atoms. The van der Waals surface area contributed by atoms with E-state index in [2.05, 4.69) is 20.6 Å². The van der Waals surface area contributed by atoms with Crippen LogP contribution in [0.2, 0.25) is 5.02 Å². The molecule has 1 aliphatic rings. The Morgan fingerprint density at radius 1 is 0.968 bits per heavy atom. The normalized spacial score (nSPS) is 18.6. The molecule has 0 bridgehead atoms. The van der Waals surface area contributed by atoms with Crippen molar-refractivity contribution in [2.45, 2.75) is 44.3 Å². The predicted octanol–water partition coefficient (Wildman–Crippen LogP) is 5.37. The largest absolute Gasteiger partial charge is 0.367 e. The molecule has 1 aliphatic carbocycles. The van der Waals surface area contributed by atoms with E-state index in [0.29, 0.717) is 35.0 Å². The van der Waals surface area contributed by atoms with Gasteiger partial charge in [-0.05, 0) is 67.1 Å². The number of hydrogen-bond acceptors (Lipinski definition) is 5. The average Bonchev–Trinajstić information content (AvgIpc) is 2.78. The maximum Gasteiger partial charge on any atom is 0.159 e. The van der Waals surface area contributed by atoms with Crippen LogP contribution in [0.15, 0.2) is 48.8 Å². The van der Waals surface area contributed by atoms with Crippen LogP contribution in [0.25, 0.3) is 11.1 Å². The molecule has 0 atom stereocenters. The van der Waals surface area contributed by atoms with E-state index in [1.165, 1.54) is 12.1 Å². The Morgan fingerprint density at radius 3 is 2.55 bits per heavy atom. The number of nitrogens with one attached hydrogen (secondary N) is 2. The number of benzene rings is 1. The van der Waals surface area contributed by atoms with Crippen molar-refractivity contribution < 1.29 is 8.78 Å². The molecule has 1 aromatic carbocycles. The minimum absolute atomic E-state index is 0.293. The van der Waals surface area contributed by atoms with Crippen LogP contribution in [0.3, 0.4) is 0 Å². The van der Waals surface area contributed by atoms with Gasteiger partial charge in [-0.15, -0.1) is 0 Å². The van der Waals surface area contributed by atoms with Gasteiger partial charge in [-0.2, -0.15) is 0 Å². The molecule has 1 fully saturated rings. The van der Waals surface area contributed by atoms with Crippen LogP contribution in [0.4, 0.5) is 20.4 Å². The Labute approximate surface area is 185 Å². The van der Waals surface area contributed by atoms with Gasteiger partial charge in [0.1, 0.15) is 11.6 Å². The van der Waals surface area contributed by atoms with Gasteiger partial charge in [-0.25, -0.2) is 18.7 Å². The first kappa shape index (κ1) is 21.5. The van der Waals surface area contributed by atoms with E-state index >= 15 is 0 Å². The highest BCUT2D eigenvalue weighted by Gasteiger charge is 2.19. The molecule has 1 saturated carbocycles. The molecular formula is C23H24ClF2N5. The average molecular weight is 444 g/mol. The zero-order chi connectivity index (χ0) is 21.8. The second-order valence-electron chi connectivity index (χ2n) is 7.84. The monoisotopic (exact) mass is 443 g/mol. The number of aromatic nitrogens is 2. The molecule has 4 N–H and O–H groups in total. The van der Waals surface area contributed by atoms with Crippen LogP contribution in [-0.2, 0) is 6.54 Å². The third-order valence-electron chi connectivity index (χ3n) is 5.51. The van der Waals surface area contributed by atoms with Crippen molar-refractivity contribution in [1.29, 1.82) is 0 Å². The summed E-state index contributed by atoms with van der Waals surface area (Å²) in [6.45, 7) is 0.314. The number of hydrogen-bond donors (Lipinski definition) is 3. The molecule has 0 radical (unpaired) electrons. The second-order valence-corrected chi connectivity index (χ2v) is 8.24. The Kier molecular flexibility index (Phi) is 6.63. The minimum atomic E-state index is -0.871. The summed E-state index contributed by atoms with van der Waals surface area (Å²) in [5.41, 5.74) is 8.33. The van der Waals surface area contributed by atoms with E-state index in [-0.39, 0.29) is 0 Å². The number of nitrogens with zero attached hydrogens (tertiary/aromatic N) is 2. The lowest BCUT2D eigenvalue weighted by molar-refractivity contribution is 0.410. The van der Waals surface area contributed by atoms with E-state index in [1.807, 2.05) is 18.2 Å². The highest BCUT2D eigenvalue weighted by molar-refractivity contribution is 6.33. The van der Waals surface area contributed by atoms with Crippen LogP contribution in [0.5, 0.6) is 0 Å². The van der Waals surface area contributed by atoms with Crippen LogP contribution < -0.4 is 16.4 Å². The van der Waals surface area contributed by atoms with Crippen LogP contribution in [-0.4, -0.2) is 22.1 Å². The molecule has 2 aromatic heterocycles. The van der Waals surface area contributed by atoms with Gasteiger partial charge in [-0.3, -0.25) is 0 Å². The Balaban J connectivity index is 1.48. The quantitative estimate of drug-likeness (QED) is 0.477. The molecule has 0 amide bonds. The minimum Gasteiger partial charge on any atom is -0.367 e. The summed E-state index contributed by atoms with van der Waals surface area (Å²) in [4.78, 5) is 8.73. The lowest BCUT2D eigenvalue weighted by atomic mass is 9.92. The van der Waals surface area contributed by atoms with Gasteiger partial charge in [-0.1, -0.05) is 17.7 Å². The Bertz CT molecular complexity index is 1050. The summed E-state index contributed by atoms with van der Waals surface area (Å²) in [5, 5.41) is 7.16. The topological polar surface area (TPSA) is 75.9 Å². The van der Waals surface area contributed by atoms with Crippen molar-refractivity contribution in [1.82, 2.24) is 9.97 Å². The molecule has 3 aromatic rings. The summed E-state index contributed by atoms with van der Waals surface area (Å²) in [5.74, 6) is -0.361. The van der Waals surface area contributed by atoms with E-state index in [1.54, 1.807) is 12.4 Å². The number of rotatable bonds is 6. The Morgan fingerprint density at radius 2 is 1.77 bits per heavy atom. The van der Waals surface area contributed by atoms with Gasteiger partial charge in [0.15, 0.2) is 11.6 Å². The standard InChI is InChI=1S/C23H24ClF2N5/c24-19-13-30-23(31-17-4-2-16(27)3-5-17)11-18(19)15-7-8-28-22(10-15)29-12-14-1-6-20(25)21(26)9-14/h1,6-11,13,16-17H,2-5,12,27H2,(H,28,29)(H,30,31). The number of halogens is 3. The van der Waals surface area contributed by atoms with Crippen molar-refractivity contribution in [2.24, 2.45) is 5.73 Å². The van der Waals surface area contributed by atoms with Crippen LogP contribution in [0.1, 0.15) is 31.2 Å². The van der Waals surface area contributed by atoms with Gasteiger partial charge < -0.3 is 16.4 Å².